The summed E-state index contributed by atoms with van der Waals surface area (Å²) in [5.74, 6) is -0.212. The highest BCUT2D eigenvalue weighted by molar-refractivity contribution is 6.05. The molecule has 0 fully saturated rings. The quantitative estimate of drug-likeness (QED) is 0.653. The van der Waals surface area contributed by atoms with E-state index in [4.69, 9.17) is 4.74 Å². The summed E-state index contributed by atoms with van der Waals surface area (Å²) in [6.07, 6.45) is 4.89. The number of esters is 1. The van der Waals surface area contributed by atoms with Crippen LogP contribution >= 0.6 is 0 Å². The van der Waals surface area contributed by atoms with Gasteiger partial charge in [0.05, 0.1) is 19.0 Å². The molecule has 9 heteroatoms. The number of hydrogen-bond donors (Lipinski definition) is 2. The number of imidazole rings is 2. The Bertz CT molecular complexity index is 915. The molecule has 0 radical (unpaired) electrons. The lowest BCUT2D eigenvalue weighted by molar-refractivity contribution is -0.142. The zero-order chi connectivity index (χ0) is 18.0. The molecule has 0 aliphatic rings. The van der Waals surface area contributed by atoms with Crippen LogP contribution in [0.15, 0.2) is 24.8 Å². The first-order chi connectivity index (χ1) is 12.0. The average Bonchev–Trinajstić information content (AvgIpc) is 3.22. The van der Waals surface area contributed by atoms with Crippen molar-refractivity contribution in [2.24, 2.45) is 7.05 Å². The van der Waals surface area contributed by atoms with Crippen LogP contribution in [-0.4, -0.2) is 49.5 Å². The first kappa shape index (κ1) is 16.6. The number of rotatable bonds is 5. The predicted molar refractivity (Wildman–Crippen MR) is 88.8 cm³/mol. The van der Waals surface area contributed by atoms with Crippen molar-refractivity contribution >= 4 is 23.0 Å². The number of nitrogens with zero attached hydrogens (tertiary/aromatic N) is 4. The summed E-state index contributed by atoms with van der Waals surface area (Å²) in [6, 6.07) is 0.736. The molecular weight excluding hydrogens is 324 g/mol. The molecule has 0 saturated carbocycles. The fourth-order valence-electron chi connectivity index (χ4n) is 2.56. The van der Waals surface area contributed by atoms with Gasteiger partial charge in [-0.05, 0) is 13.0 Å². The summed E-state index contributed by atoms with van der Waals surface area (Å²) in [7, 11) is 3.11. The standard InChI is InChI=1S/C16H18N6O3/c1-9-20-13-11(4-5-18-14(13)22(9)2)15(23)21-12(16(24)25-3)6-10-7-17-8-19-10/h4-5,7-8,12H,6H2,1-3H3,(H,17,19)(H,21,23)/t12-/m0/s1. The summed E-state index contributed by atoms with van der Waals surface area (Å²) in [6.45, 7) is 1.83. The molecular formula is C16H18N6O3. The third-order valence-electron chi connectivity index (χ3n) is 4.00. The third kappa shape index (κ3) is 3.21. The van der Waals surface area contributed by atoms with Gasteiger partial charge in [0.25, 0.3) is 5.91 Å². The fourth-order valence-corrected chi connectivity index (χ4v) is 2.56. The summed E-state index contributed by atoms with van der Waals surface area (Å²) in [5, 5.41) is 2.70. The van der Waals surface area contributed by atoms with Crippen molar-refractivity contribution < 1.29 is 14.3 Å². The first-order valence-electron chi connectivity index (χ1n) is 7.65. The van der Waals surface area contributed by atoms with E-state index in [1.54, 1.807) is 23.0 Å². The average molecular weight is 342 g/mol. The van der Waals surface area contributed by atoms with Crippen LogP contribution < -0.4 is 5.32 Å². The molecule has 1 atom stereocenters. The van der Waals surface area contributed by atoms with Gasteiger partial charge in [0.1, 0.15) is 17.4 Å². The molecule has 3 rings (SSSR count). The number of carbonyl (C=O) groups is 2. The van der Waals surface area contributed by atoms with Gasteiger partial charge in [-0.3, -0.25) is 4.79 Å². The Labute approximate surface area is 143 Å². The van der Waals surface area contributed by atoms with Gasteiger partial charge in [-0.25, -0.2) is 19.7 Å². The van der Waals surface area contributed by atoms with E-state index in [0.717, 1.165) is 5.82 Å². The molecule has 0 saturated heterocycles. The maximum Gasteiger partial charge on any atom is 0.328 e. The number of aromatic amines is 1. The van der Waals surface area contributed by atoms with Crippen LogP contribution in [0.25, 0.3) is 11.2 Å². The Hall–Kier alpha value is -3.23. The fraction of sp³-hybridized carbons (Fsp3) is 0.312. The molecule has 2 N–H and O–H groups in total. The lowest BCUT2D eigenvalue weighted by Crippen LogP contribution is -2.43. The Balaban J connectivity index is 1.89. The maximum atomic E-state index is 12.7. The SMILES string of the molecule is COC(=O)[C@H](Cc1cnc[nH]1)NC(=O)c1ccnc2c1nc(C)n2C. The number of hydrogen-bond acceptors (Lipinski definition) is 6. The van der Waals surface area contributed by atoms with Gasteiger partial charge in [-0.15, -0.1) is 0 Å². The number of methoxy groups -OCH3 is 1. The summed E-state index contributed by atoms with van der Waals surface area (Å²) < 4.78 is 6.59. The smallest absolute Gasteiger partial charge is 0.328 e. The number of nitrogens with one attached hydrogen (secondary N) is 2. The molecule has 0 aliphatic carbocycles. The van der Waals surface area contributed by atoms with Crippen LogP contribution in [0.2, 0.25) is 0 Å². The predicted octanol–water partition coefficient (Wildman–Crippen LogP) is 0.514. The highest BCUT2D eigenvalue weighted by atomic mass is 16.5. The minimum absolute atomic E-state index is 0.244. The second-order valence-corrected chi connectivity index (χ2v) is 5.58. The zero-order valence-corrected chi connectivity index (χ0v) is 14.1. The number of ether oxygens (including phenoxy) is 1. The number of H-pyrrole nitrogens is 1. The van der Waals surface area contributed by atoms with E-state index in [2.05, 4.69) is 25.3 Å². The van der Waals surface area contributed by atoms with Crippen LogP contribution in [0.4, 0.5) is 0 Å². The monoisotopic (exact) mass is 342 g/mol. The van der Waals surface area contributed by atoms with Gasteiger partial charge >= 0.3 is 5.97 Å². The number of pyridine rings is 1. The van der Waals surface area contributed by atoms with Crippen molar-refractivity contribution in [3.8, 4) is 0 Å². The second kappa shape index (κ2) is 6.71. The lowest BCUT2D eigenvalue weighted by Gasteiger charge is -2.15. The molecule has 0 spiro atoms. The van der Waals surface area contributed by atoms with E-state index in [1.165, 1.54) is 13.4 Å². The normalized spacial score (nSPS) is 12.1. The largest absolute Gasteiger partial charge is 0.467 e. The van der Waals surface area contributed by atoms with Crippen LogP contribution in [0, 0.1) is 6.92 Å². The lowest BCUT2D eigenvalue weighted by atomic mass is 10.1. The third-order valence-corrected chi connectivity index (χ3v) is 4.00. The van der Waals surface area contributed by atoms with E-state index < -0.39 is 17.9 Å². The molecule has 3 heterocycles. The zero-order valence-electron chi connectivity index (χ0n) is 14.1. The second-order valence-electron chi connectivity index (χ2n) is 5.58. The first-order valence-corrected chi connectivity index (χ1v) is 7.65. The highest BCUT2D eigenvalue weighted by Gasteiger charge is 2.25. The van der Waals surface area contributed by atoms with Crippen molar-refractivity contribution in [1.29, 1.82) is 0 Å². The van der Waals surface area contributed by atoms with Crippen LogP contribution in [0.1, 0.15) is 21.9 Å². The molecule has 0 aliphatic heterocycles. The molecule has 130 valence electrons. The number of aryl methyl sites for hydroxylation is 2. The van der Waals surface area contributed by atoms with Crippen LogP contribution in [0.3, 0.4) is 0 Å². The Morgan fingerprint density at radius 1 is 1.44 bits per heavy atom. The van der Waals surface area contributed by atoms with Crippen molar-refractivity contribution in [2.75, 3.05) is 7.11 Å². The number of carbonyl (C=O) groups excluding carboxylic acids is 2. The Kier molecular flexibility index (Phi) is 4.46. The van der Waals surface area contributed by atoms with Crippen LogP contribution in [0.5, 0.6) is 0 Å². The molecule has 25 heavy (non-hydrogen) atoms. The van der Waals surface area contributed by atoms with Gasteiger partial charge in [-0.2, -0.15) is 0 Å². The summed E-state index contributed by atoms with van der Waals surface area (Å²) in [5.41, 5.74) is 2.16. The molecule has 0 aromatic carbocycles. The minimum Gasteiger partial charge on any atom is -0.467 e. The molecule has 9 nitrogen and oxygen atoms in total. The van der Waals surface area contributed by atoms with Gasteiger partial charge in [0.2, 0.25) is 0 Å². The number of fused-ring (bicyclic) bond motifs is 1. The van der Waals surface area contributed by atoms with E-state index in [1.807, 2.05) is 14.0 Å². The van der Waals surface area contributed by atoms with E-state index in [9.17, 15) is 9.59 Å². The summed E-state index contributed by atoms with van der Waals surface area (Å²) in [4.78, 5) is 40.2. The van der Waals surface area contributed by atoms with Gasteiger partial charge in [-0.1, -0.05) is 0 Å². The van der Waals surface area contributed by atoms with Gasteiger partial charge < -0.3 is 19.6 Å². The maximum absolute atomic E-state index is 12.7. The van der Waals surface area contributed by atoms with E-state index in [0.29, 0.717) is 22.4 Å². The topological polar surface area (TPSA) is 115 Å². The van der Waals surface area contributed by atoms with E-state index >= 15 is 0 Å². The van der Waals surface area contributed by atoms with Gasteiger partial charge in [0.15, 0.2) is 5.65 Å². The van der Waals surface area contributed by atoms with Crippen molar-refractivity contribution in [3.63, 3.8) is 0 Å². The molecule has 0 bridgehead atoms. The van der Waals surface area contributed by atoms with Crippen molar-refractivity contribution in [3.05, 3.63) is 41.9 Å². The number of amides is 1. The molecule has 1 amide bonds. The molecule has 3 aromatic rings. The van der Waals surface area contributed by atoms with Crippen molar-refractivity contribution in [1.82, 2.24) is 29.8 Å². The molecule has 0 unspecified atom stereocenters. The van der Waals surface area contributed by atoms with Gasteiger partial charge in [0, 0.05) is 31.6 Å². The van der Waals surface area contributed by atoms with Crippen molar-refractivity contribution in [2.45, 2.75) is 19.4 Å². The molecule has 3 aromatic heterocycles. The van der Waals surface area contributed by atoms with E-state index in [-0.39, 0.29) is 6.42 Å². The summed E-state index contributed by atoms with van der Waals surface area (Å²) >= 11 is 0. The van der Waals surface area contributed by atoms with Crippen LogP contribution in [-0.2, 0) is 23.0 Å². The minimum atomic E-state index is -0.842. The Morgan fingerprint density at radius 2 is 2.24 bits per heavy atom. The number of aromatic nitrogens is 5. The Morgan fingerprint density at radius 3 is 2.92 bits per heavy atom. The highest BCUT2D eigenvalue weighted by Crippen LogP contribution is 2.17.